The van der Waals surface area contributed by atoms with Gasteiger partial charge in [0.15, 0.2) is 0 Å². The SMILES string of the molecule is CC(=O)[C@@H]1C[C@@H]2C3C4[C@@H]3[C@@H](Cl)[C@@H]2[C@H]41. The molecule has 0 heterocycles. The summed E-state index contributed by atoms with van der Waals surface area (Å²) in [7, 11) is 0. The lowest BCUT2D eigenvalue weighted by molar-refractivity contribution is -0.122. The summed E-state index contributed by atoms with van der Waals surface area (Å²) in [6.45, 7) is 1.77. The third-order valence-electron chi connectivity index (χ3n) is 5.32. The second-order valence-electron chi connectivity index (χ2n) is 5.45. The molecular formula is C11H13ClO. The molecule has 5 rings (SSSR count). The molecule has 0 N–H and O–H groups in total. The lowest BCUT2D eigenvalue weighted by atomic mass is 9.86. The average Bonchev–Trinajstić information content (AvgIpc) is 2.36. The van der Waals surface area contributed by atoms with Crippen LogP contribution in [0.3, 0.4) is 0 Å². The summed E-state index contributed by atoms with van der Waals surface area (Å²) in [6, 6.07) is 0. The van der Waals surface area contributed by atoms with Crippen molar-refractivity contribution >= 4 is 17.4 Å². The molecule has 0 radical (unpaired) electrons. The maximum absolute atomic E-state index is 11.4. The van der Waals surface area contributed by atoms with Crippen molar-refractivity contribution < 1.29 is 4.79 Å². The van der Waals surface area contributed by atoms with E-state index in [-0.39, 0.29) is 0 Å². The first-order valence-electron chi connectivity index (χ1n) is 5.36. The summed E-state index contributed by atoms with van der Waals surface area (Å²) >= 11 is 6.38. The van der Waals surface area contributed by atoms with Gasteiger partial charge in [-0.05, 0) is 48.9 Å². The Morgan fingerprint density at radius 1 is 1.15 bits per heavy atom. The monoisotopic (exact) mass is 196 g/mol. The van der Waals surface area contributed by atoms with Crippen LogP contribution >= 0.6 is 11.6 Å². The highest BCUT2D eigenvalue weighted by Gasteiger charge is 2.81. The van der Waals surface area contributed by atoms with Crippen molar-refractivity contribution in [2.24, 2.45) is 41.4 Å². The van der Waals surface area contributed by atoms with Crippen LogP contribution in [-0.2, 0) is 4.79 Å². The fraction of sp³-hybridized carbons (Fsp3) is 0.909. The summed E-state index contributed by atoms with van der Waals surface area (Å²) in [4.78, 5) is 11.4. The number of rotatable bonds is 1. The van der Waals surface area contributed by atoms with E-state index in [4.69, 9.17) is 11.6 Å². The van der Waals surface area contributed by atoms with Crippen LogP contribution in [0, 0.1) is 41.4 Å². The molecule has 2 heteroatoms. The van der Waals surface area contributed by atoms with Gasteiger partial charge in [0.25, 0.3) is 0 Å². The standard InChI is InChI=1S/C11H13ClO/c1-3(13)4-2-5-7-9-6(4)8(5)11(12)10(7)9/h4-11H,2H2,1H3/t4-,5+,6+,7?,8-,9?,10+,11-/m0/s1. The van der Waals surface area contributed by atoms with Crippen LogP contribution in [0.2, 0.25) is 0 Å². The predicted octanol–water partition coefficient (Wildman–Crippen LogP) is 1.94. The second kappa shape index (κ2) is 1.84. The second-order valence-corrected chi connectivity index (χ2v) is 5.95. The summed E-state index contributed by atoms with van der Waals surface area (Å²) in [5, 5.41) is 0.439. The number of Topliss-reactive ketones (excluding diaryl/α,β-unsaturated/α-hetero) is 1. The van der Waals surface area contributed by atoms with Gasteiger partial charge in [-0.2, -0.15) is 0 Å². The number of ketones is 1. The molecule has 0 aromatic heterocycles. The number of hydrogen-bond acceptors (Lipinski definition) is 1. The number of halogens is 1. The van der Waals surface area contributed by atoms with Crippen LogP contribution < -0.4 is 0 Å². The van der Waals surface area contributed by atoms with E-state index in [1.807, 2.05) is 0 Å². The van der Waals surface area contributed by atoms with Crippen LogP contribution in [0.1, 0.15) is 13.3 Å². The molecular weight excluding hydrogens is 184 g/mol. The zero-order valence-corrected chi connectivity index (χ0v) is 8.37. The topological polar surface area (TPSA) is 17.1 Å². The maximum Gasteiger partial charge on any atom is 0.133 e. The highest BCUT2D eigenvalue weighted by Crippen LogP contribution is 2.83. The van der Waals surface area contributed by atoms with Gasteiger partial charge in [0.1, 0.15) is 5.78 Å². The molecule has 0 aromatic rings. The van der Waals surface area contributed by atoms with E-state index in [2.05, 4.69) is 0 Å². The first-order chi connectivity index (χ1) is 6.22. The zero-order valence-electron chi connectivity index (χ0n) is 7.61. The van der Waals surface area contributed by atoms with Gasteiger partial charge in [-0.25, -0.2) is 0 Å². The van der Waals surface area contributed by atoms with Gasteiger partial charge in [0.2, 0.25) is 0 Å². The molecule has 5 aliphatic carbocycles. The molecule has 0 aliphatic heterocycles. The minimum absolute atomic E-state index is 0.394. The normalized spacial score (nSPS) is 70.3. The number of alkyl halides is 1. The molecule has 13 heavy (non-hydrogen) atoms. The molecule has 0 spiro atoms. The van der Waals surface area contributed by atoms with E-state index in [0.29, 0.717) is 23.0 Å². The molecule has 1 nitrogen and oxygen atoms in total. The summed E-state index contributed by atoms with van der Waals surface area (Å²) in [5.74, 6) is 5.75. The molecule has 0 saturated heterocycles. The van der Waals surface area contributed by atoms with Gasteiger partial charge in [-0.15, -0.1) is 11.6 Å². The molecule has 5 fully saturated rings. The van der Waals surface area contributed by atoms with Crippen molar-refractivity contribution in [3.63, 3.8) is 0 Å². The largest absolute Gasteiger partial charge is 0.300 e. The molecule has 0 aromatic carbocycles. The van der Waals surface area contributed by atoms with Crippen LogP contribution in [-0.4, -0.2) is 11.2 Å². The number of carbonyl (C=O) groups is 1. The quantitative estimate of drug-likeness (QED) is 0.586. The number of hydrogen-bond donors (Lipinski definition) is 0. The predicted molar refractivity (Wildman–Crippen MR) is 49.4 cm³/mol. The van der Waals surface area contributed by atoms with Crippen molar-refractivity contribution in [3.8, 4) is 0 Å². The van der Waals surface area contributed by atoms with Crippen molar-refractivity contribution in [1.29, 1.82) is 0 Å². The van der Waals surface area contributed by atoms with Gasteiger partial charge >= 0.3 is 0 Å². The molecule has 2 unspecified atom stereocenters. The highest BCUT2D eigenvalue weighted by molar-refractivity contribution is 6.22. The summed E-state index contributed by atoms with van der Waals surface area (Å²) in [5.41, 5.74) is 0. The molecule has 5 aliphatic rings. The van der Waals surface area contributed by atoms with Crippen molar-refractivity contribution in [2.45, 2.75) is 18.7 Å². The van der Waals surface area contributed by atoms with Crippen LogP contribution in [0.25, 0.3) is 0 Å². The fourth-order valence-corrected chi connectivity index (χ4v) is 5.83. The average molecular weight is 197 g/mol. The molecule has 0 amide bonds. The Kier molecular flexibility index (Phi) is 1.03. The fourth-order valence-electron chi connectivity index (χ4n) is 5.14. The first kappa shape index (κ1) is 7.28. The Hall–Kier alpha value is -0.0400. The van der Waals surface area contributed by atoms with Gasteiger partial charge < -0.3 is 0 Å². The Balaban J connectivity index is 1.78. The van der Waals surface area contributed by atoms with Gasteiger partial charge in [0.05, 0.1) is 0 Å². The van der Waals surface area contributed by atoms with E-state index in [9.17, 15) is 4.79 Å². The molecule has 5 saturated carbocycles. The van der Waals surface area contributed by atoms with Crippen LogP contribution in [0.5, 0.6) is 0 Å². The smallest absolute Gasteiger partial charge is 0.133 e. The van der Waals surface area contributed by atoms with Gasteiger partial charge in [-0.1, -0.05) is 0 Å². The van der Waals surface area contributed by atoms with E-state index in [0.717, 1.165) is 29.6 Å². The van der Waals surface area contributed by atoms with Gasteiger partial charge in [0, 0.05) is 11.3 Å². The Bertz CT molecular complexity index is 306. The highest BCUT2D eigenvalue weighted by atomic mass is 35.5. The Morgan fingerprint density at radius 3 is 2.38 bits per heavy atom. The van der Waals surface area contributed by atoms with E-state index < -0.39 is 0 Å². The van der Waals surface area contributed by atoms with E-state index in [1.165, 1.54) is 6.42 Å². The van der Waals surface area contributed by atoms with Crippen molar-refractivity contribution in [2.75, 3.05) is 0 Å². The van der Waals surface area contributed by atoms with E-state index >= 15 is 0 Å². The maximum atomic E-state index is 11.4. The summed E-state index contributed by atoms with van der Waals surface area (Å²) < 4.78 is 0. The Labute approximate surface area is 82.8 Å². The molecule has 6 bridgehead atoms. The van der Waals surface area contributed by atoms with Crippen LogP contribution in [0.4, 0.5) is 0 Å². The minimum Gasteiger partial charge on any atom is -0.300 e. The van der Waals surface area contributed by atoms with E-state index in [1.54, 1.807) is 6.92 Å². The summed E-state index contributed by atoms with van der Waals surface area (Å²) in [6.07, 6.45) is 1.17. The Morgan fingerprint density at radius 2 is 1.92 bits per heavy atom. The third-order valence-corrected chi connectivity index (χ3v) is 5.90. The van der Waals surface area contributed by atoms with Crippen molar-refractivity contribution in [3.05, 3.63) is 0 Å². The first-order valence-corrected chi connectivity index (χ1v) is 5.80. The molecule has 8 atom stereocenters. The number of carbonyl (C=O) groups excluding carboxylic acids is 1. The van der Waals surface area contributed by atoms with Crippen molar-refractivity contribution in [1.82, 2.24) is 0 Å². The molecule has 70 valence electrons. The zero-order chi connectivity index (χ0) is 8.90. The van der Waals surface area contributed by atoms with Crippen LogP contribution in [0.15, 0.2) is 0 Å². The third kappa shape index (κ3) is 0.562. The lowest BCUT2D eigenvalue weighted by Crippen LogP contribution is -2.21. The van der Waals surface area contributed by atoms with Gasteiger partial charge in [-0.3, -0.25) is 4.79 Å². The minimum atomic E-state index is 0.394. The lowest BCUT2D eigenvalue weighted by Gasteiger charge is -2.18.